The lowest BCUT2D eigenvalue weighted by atomic mass is 10.0. The van der Waals surface area contributed by atoms with E-state index in [1.807, 2.05) is 66.3 Å². The Labute approximate surface area is 136 Å². The third kappa shape index (κ3) is 3.21. The van der Waals surface area contributed by atoms with Crippen LogP contribution in [0.15, 0.2) is 54.7 Å². The van der Waals surface area contributed by atoms with Crippen LogP contribution >= 0.6 is 0 Å². The zero-order valence-electron chi connectivity index (χ0n) is 13.6. The number of aromatic nitrogens is 1. The molecule has 0 radical (unpaired) electrons. The molecule has 3 rings (SSSR count). The van der Waals surface area contributed by atoms with E-state index in [0.29, 0.717) is 5.92 Å². The van der Waals surface area contributed by atoms with Gasteiger partial charge in [0.15, 0.2) is 0 Å². The molecule has 0 bridgehead atoms. The minimum Gasteiger partial charge on any atom is -0.348 e. The Morgan fingerprint density at radius 2 is 1.70 bits per heavy atom. The maximum Gasteiger partial charge on any atom is 0.323 e. The Balaban J connectivity index is 1.73. The first kappa shape index (κ1) is 15.2. The number of carbonyl (C=O) groups excluding carboxylic acids is 1. The second-order valence-corrected chi connectivity index (χ2v) is 6.03. The fourth-order valence-electron chi connectivity index (χ4n) is 2.68. The Bertz CT molecular complexity index is 831. The predicted molar refractivity (Wildman–Crippen MR) is 96.1 cm³/mol. The van der Waals surface area contributed by atoms with Gasteiger partial charge in [0.05, 0.1) is 5.69 Å². The summed E-state index contributed by atoms with van der Waals surface area (Å²) in [6.07, 6.45) is 1.92. The molecule has 4 heteroatoms. The van der Waals surface area contributed by atoms with Gasteiger partial charge in [-0.25, -0.2) is 4.79 Å². The van der Waals surface area contributed by atoms with Crippen molar-refractivity contribution < 1.29 is 4.79 Å². The molecule has 2 N–H and O–H groups in total. The summed E-state index contributed by atoms with van der Waals surface area (Å²) in [6.45, 7) is 4.30. The van der Waals surface area contributed by atoms with Crippen molar-refractivity contribution in [1.29, 1.82) is 0 Å². The van der Waals surface area contributed by atoms with Crippen LogP contribution in [0.25, 0.3) is 10.9 Å². The molecule has 0 aliphatic rings. The van der Waals surface area contributed by atoms with E-state index < -0.39 is 0 Å². The lowest BCUT2D eigenvalue weighted by Crippen LogP contribution is -2.19. The number of aryl methyl sites for hydroxylation is 1. The lowest BCUT2D eigenvalue weighted by molar-refractivity contribution is 0.262. The minimum absolute atomic E-state index is 0.237. The Hall–Kier alpha value is -2.75. The predicted octanol–water partition coefficient (Wildman–Crippen LogP) is 4.95. The molecule has 1 heterocycles. The average Bonchev–Trinajstić information content (AvgIpc) is 2.84. The minimum atomic E-state index is -0.237. The third-order valence-corrected chi connectivity index (χ3v) is 3.98. The quantitative estimate of drug-likeness (QED) is 0.707. The Morgan fingerprint density at radius 1 is 1.00 bits per heavy atom. The van der Waals surface area contributed by atoms with Crippen molar-refractivity contribution in [2.75, 3.05) is 10.6 Å². The molecular weight excluding hydrogens is 286 g/mol. The number of nitrogens with zero attached hydrogens (tertiary/aromatic N) is 1. The molecule has 23 heavy (non-hydrogen) atoms. The summed E-state index contributed by atoms with van der Waals surface area (Å²) in [7, 11) is 1.97. The van der Waals surface area contributed by atoms with Gasteiger partial charge in [-0.2, -0.15) is 0 Å². The van der Waals surface area contributed by atoms with E-state index in [4.69, 9.17) is 0 Å². The molecule has 2 amide bonds. The first-order valence-electron chi connectivity index (χ1n) is 7.76. The smallest absolute Gasteiger partial charge is 0.323 e. The number of amides is 2. The number of carbonyl (C=O) groups is 1. The van der Waals surface area contributed by atoms with E-state index in [1.54, 1.807) is 0 Å². The van der Waals surface area contributed by atoms with Gasteiger partial charge < -0.3 is 15.2 Å². The van der Waals surface area contributed by atoms with E-state index >= 15 is 0 Å². The molecule has 0 spiro atoms. The summed E-state index contributed by atoms with van der Waals surface area (Å²) in [4.78, 5) is 12.2. The number of nitrogens with one attached hydrogen (secondary N) is 2. The van der Waals surface area contributed by atoms with Crippen molar-refractivity contribution in [2.24, 2.45) is 7.05 Å². The van der Waals surface area contributed by atoms with Crippen LogP contribution in [-0.4, -0.2) is 10.6 Å². The highest BCUT2D eigenvalue weighted by molar-refractivity contribution is 6.06. The maximum absolute atomic E-state index is 12.2. The molecule has 3 aromatic rings. The zero-order chi connectivity index (χ0) is 16.4. The molecule has 4 nitrogen and oxygen atoms in total. The second kappa shape index (κ2) is 6.16. The molecular formula is C19H21N3O. The van der Waals surface area contributed by atoms with Crippen LogP contribution in [0, 0.1) is 0 Å². The van der Waals surface area contributed by atoms with Crippen molar-refractivity contribution in [3.8, 4) is 0 Å². The van der Waals surface area contributed by atoms with Gasteiger partial charge in [0, 0.05) is 29.8 Å². The van der Waals surface area contributed by atoms with Crippen LogP contribution in [0.4, 0.5) is 16.2 Å². The largest absolute Gasteiger partial charge is 0.348 e. The highest BCUT2D eigenvalue weighted by atomic mass is 16.2. The van der Waals surface area contributed by atoms with E-state index in [9.17, 15) is 4.79 Å². The molecule has 0 aliphatic carbocycles. The second-order valence-electron chi connectivity index (χ2n) is 6.03. The summed E-state index contributed by atoms with van der Waals surface area (Å²) < 4.78 is 2.00. The highest BCUT2D eigenvalue weighted by Crippen LogP contribution is 2.25. The van der Waals surface area contributed by atoms with Gasteiger partial charge in [-0.1, -0.05) is 44.2 Å². The van der Waals surface area contributed by atoms with Gasteiger partial charge in [-0.15, -0.1) is 0 Å². The molecule has 118 valence electrons. The normalized spacial score (nSPS) is 11.0. The first-order valence-corrected chi connectivity index (χ1v) is 7.76. The summed E-state index contributed by atoms with van der Waals surface area (Å²) in [6, 6.07) is 15.7. The summed E-state index contributed by atoms with van der Waals surface area (Å²) in [5.74, 6) is 0.480. The summed E-state index contributed by atoms with van der Waals surface area (Å²) >= 11 is 0. The summed E-state index contributed by atoms with van der Waals surface area (Å²) in [5.41, 5.74) is 3.93. The van der Waals surface area contributed by atoms with Gasteiger partial charge in [0.25, 0.3) is 0 Å². The van der Waals surface area contributed by atoms with E-state index in [1.165, 1.54) is 5.56 Å². The van der Waals surface area contributed by atoms with Gasteiger partial charge in [-0.05, 0) is 29.7 Å². The number of hydrogen-bond acceptors (Lipinski definition) is 1. The number of rotatable bonds is 3. The molecule has 0 fully saturated rings. The molecule has 1 aromatic heterocycles. The number of fused-ring (bicyclic) bond motifs is 1. The molecule has 0 saturated heterocycles. The Kier molecular flexibility index (Phi) is 4.06. The first-order chi connectivity index (χ1) is 11.0. The van der Waals surface area contributed by atoms with Crippen molar-refractivity contribution >= 4 is 28.3 Å². The highest BCUT2D eigenvalue weighted by Gasteiger charge is 2.09. The van der Waals surface area contributed by atoms with Crippen molar-refractivity contribution in [3.05, 3.63) is 60.3 Å². The lowest BCUT2D eigenvalue weighted by Gasteiger charge is -2.09. The Morgan fingerprint density at radius 3 is 2.39 bits per heavy atom. The summed E-state index contributed by atoms with van der Waals surface area (Å²) in [5, 5.41) is 6.82. The molecule has 0 aliphatic heterocycles. The number of para-hydroxylation sites is 1. The number of urea groups is 1. The van der Waals surface area contributed by atoms with Gasteiger partial charge in [0.2, 0.25) is 0 Å². The standard InChI is InChI=1S/C19H21N3O/c1-13(2)14-8-10-15(11-9-14)20-19(23)21-17-12-22(3)18-7-5-4-6-16(17)18/h4-13H,1-3H3,(H2,20,21,23). The van der Waals surface area contributed by atoms with Crippen molar-refractivity contribution in [1.82, 2.24) is 4.57 Å². The van der Waals surface area contributed by atoms with E-state index in [2.05, 4.69) is 24.5 Å². The van der Waals surface area contributed by atoms with Crippen molar-refractivity contribution in [2.45, 2.75) is 19.8 Å². The van der Waals surface area contributed by atoms with Gasteiger partial charge in [-0.3, -0.25) is 0 Å². The number of hydrogen-bond donors (Lipinski definition) is 2. The number of benzene rings is 2. The van der Waals surface area contributed by atoms with Crippen LogP contribution in [0.2, 0.25) is 0 Å². The number of anilines is 2. The monoisotopic (exact) mass is 307 g/mol. The fraction of sp³-hybridized carbons (Fsp3) is 0.211. The van der Waals surface area contributed by atoms with Crippen LogP contribution < -0.4 is 10.6 Å². The van der Waals surface area contributed by atoms with Crippen LogP contribution in [0.5, 0.6) is 0 Å². The van der Waals surface area contributed by atoms with Gasteiger partial charge in [0.1, 0.15) is 0 Å². The molecule has 0 atom stereocenters. The van der Waals surface area contributed by atoms with Gasteiger partial charge >= 0.3 is 6.03 Å². The van der Waals surface area contributed by atoms with Crippen LogP contribution in [-0.2, 0) is 7.05 Å². The molecule has 0 saturated carbocycles. The van der Waals surface area contributed by atoms with Crippen LogP contribution in [0.1, 0.15) is 25.3 Å². The maximum atomic E-state index is 12.2. The third-order valence-electron chi connectivity index (χ3n) is 3.98. The van der Waals surface area contributed by atoms with E-state index in [-0.39, 0.29) is 6.03 Å². The average molecular weight is 307 g/mol. The molecule has 2 aromatic carbocycles. The van der Waals surface area contributed by atoms with Crippen molar-refractivity contribution in [3.63, 3.8) is 0 Å². The molecule has 0 unspecified atom stereocenters. The van der Waals surface area contributed by atoms with Crippen LogP contribution in [0.3, 0.4) is 0 Å². The SMILES string of the molecule is CC(C)c1ccc(NC(=O)Nc2cn(C)c3ccccc23)cc1. The topological polar surface area (TPSA) is 46.1 Å². The van der Waals surface area contributed by atoms with E-state index in [0.717, 1.165) is 22.3 Å². The zero-order valence-corrected chi connectivity index (χ0v) is 13.6. The fourth-order valence-corrected chi connectivity index (χ4v) is 2.68.